The molecule has 76 valence electrons. The molecule has 1 N–H and O–H groups in total. The van der Waals surface area contributed by atoms with Crippen LogP contribution < -0.4 is 5.32 Å². The Hall–Kier alpha value is -0.0400. The Labute approximate surface area is 82.3 Å². The third-order valence-electron chi connectivity index (χ3n) is 3.80. The van der Waals surface area contributed by atoms with Gasteiger partial charge in [0.25, 0.3) is 0 Å². The fourth-order valence-corrected chi connectivity index (χ4v) is 2.96. The van der Waals surface area contributed by atoms with Crippen molar-refractivity contribution < 1.29 is 0 Å². The third-order valence-corrected chi connectivity index (χ3v) is 3.80. The van der Waals surface area contributed by atoms with E-state index in [9.17, 15) is 0 Å². The van der Waals surface area contributed by atoms with Gasteiger partial charge in [-0.15, -0.1) is 0 Å². The zero-order chi connectivity index (χ0) is 8.93. The monoisotopic (exact) mass is 181 g/mol. The van der Waals surface area contributed by atoms with Crippen molar-refractivity contribution in [2.75, 3.05) is 6.54 Å². The quantitative estimate of drug-likeness (QED) is 0.702. The van der Waals surface area contributed by atoms with Gasteiger partial charge in [0.05, 0.1) is 0 Å². The maximum atomic E-state index is 3.58. The van der Waals surface area contributed by atoms with Gasteiger partial charge < -0.3 is 5.32 Å². The molecule has 0 bridgehead atoms. The summed E-state index contributed by atoms with van der Waals surface area (Å²) in [6, 6.07) is 0.876. The van der Waals surface area contributed by atoms with Crippen molar-refractivity contribution in [1.82, 2.24) is 5.32 Å². The van der Waals surface area contributed by atoms with E-state index < -0.39 is 0 Å². The molecular weight excluding hydrogens is 158 g/mol. The number of nitrogens with one attached hydrogen (secondary N) is 1. The Balaban J connectivity index is 1.52. The molecule has 0 aromatic heterocycles. The zero-order valence-electron chi connectivity index (χ0n) is 8.73. The van der Waals surface area contributed by atoms with Crippen LogP contribution in [0.2, 0.25) is 0 Å². The lowest BCUT2D eigenvalue weighted by atomic mass is 9.98. The second-order valence-electron chi connectivity index (χ2n) is 4.87. The molecule has 1 nitrogen and oxygen atoms in total. The van der Waals surface area contributed by atoms with Crippen molar-refractivity contribution in [3.05, 3.63) is 0 Å². The maximum Gasteiger partial charge on any atom is 0.00675 e. The highest BCUT2D eigenvalue weighted by Crippen LogP contribution is 2.29. The summed E-state index contributed by atoms with van der Waals surface area (Å²) in [6.45, 7) is 1.27. The molecule has 2 fully saturated rings. The molecule has 1 heterocycles. The molecule has 0 spiro atoms. The Bertz CT molecular complexity index is 116. The van der Waals surface area contributed by atoms with Gasteiger partial charge in [-0.2, -0.15) is 0 Å². The molecule has 1 saturated heterocycles. The van der Waals surface area contributed by atoms with E-state index in [2.05, 4.69) is 5.32 Å². The molecule has 1 atom stereocenters. The Morgan fingerprint density at radius 3 is 2.46 bits per heavy atom. The lowest BCUT2D eigenvalue weighted by Crippen LogP contribution is -2.21. The number of rotatable bonds is 4. The largest absolute Gasteiger partial charge is 0.314 e. The van der Waals surface area contributed by atoms with Crippen LogP contribution in [0.1, 0.15) is 57.8 Å². The second-order valence-corrected chi connectivity index (χ2v) is 4.87. The van der Waals surface area contributed by atoms with Gasteiger partial charge >= 0.3 is 0 Å². The van der Waals surface area contributed by atoms with Crippen LogP contribution in [-0.2, 0) is 0 Å². The van der Waals surface area contributed by atoms with Gasteiger partial charge in [-0.3, -0.25) is 0 Å². The van der Waals surface area contributed by atoms with Crippen molar-refractivity contribution in [1.29, 1.82) is 0 Å². The van der Waals surface area contributed by atoms with Crippen molar-refractivity contribution in [3.8, 4) is 0 Å². The fraction of sp³-hybridized carbons (Fsp3) is 1.00. The van der Waals surface area contributed by atoms with Gasteiger partial charge in [-0.1, -0.05) is 38.5 Å². The molecule has 13 heavy (non-hydrogen) atoms. The van der Waals surface area contributed by atoms with Gasteiger partial charge in [0.1, 0.15) is 0 Å². The van der Waals surface area contributed by atoms with Crippen LogP contribution in [0.3, 0.4) is 0 Å². The second kappa shape index (κ2) is 4.99. The van der Waals surface area contributed by atoms with E-state index >= 15 is 0 Å². The van der Waals surface area contributed by atoms with Crippen LogP contribution in [0, 0.1) is 5.92 Å². The molecule has 0 aromatic rings. The van der Waals surface area contributed by atoms with Gasteiger partial charge in [-0.05, 0) is 31.7 Å². The summed E-state index contributed by atoms with van der Waals surface area (Å²) in [6.07, 6.45) is 13.3. The standard InChI is InChI=1S/C12H23N/c1-2-6-11(5-1)7-3-8-12-9-4-10-13-12/h11-13H,1-10H2. The molecular formula is C12H23N. The first kappa shape index (κ1) is 9.51. The lowest BCUT2D eigenvalue weighted by molar-refractivity contribution is 0.440. The lowest BCUT2D eigenvalue weighted by Gasteiger charge is -2.12. The van der Waals surface area contributed by atoms with E-state index in [1.165, 1.54) is 64.3 Å². The third kappa shape index (κ3) is 2.98. The minimum Gasteiger partial charge on any atom is -0.314 e. The van der Waals surface area contributed by atoms with E-state index in [1.54, 1.807) is 0 Å². The van der Waals surface area contributed by atoms with Crippen LogP contribution in [0.4, 0.5) is 0 Å². The molecule has 1 aliphatic heterocycles. The minimum absolute atomic E-state index is 0.876. The van der Waals surface area contributed by atoms with Gasteiger partial charge in [0.2, 0.25) is 0 Å². The summed E-state index contributed by atoms with van der Waals surface area (Å²) in [7, 11) is 0. The normalized spacial score (nSPS) is 30.0. The van der Waals surface area contributed by atoms with E-state index in [1.807, 2.05) is 0 Å². The summed E-state index contributed by atoms with van der Waals surface area (Å²) in [5.41, 5.74) is 0. The van der Waals surface area contributed by atoms with Crippen molar-refractivity contribution in [3.63, 3.8) is 0 Å². The van der Waals surface area contributed by atoms with E-state index in [0.29, 0.717) is 0 Å². The number of hydrogen-bond acceptors (Lipinski definition) is 1. The highest BCUT2D eigenvalue weighted by molar-refractivity contribution is 4.75. The summed E-state index contributed by atoms with van der Waals surface area (Å²) < 4.78 is 0. The van der Waals surface area contributed by atoms with Gasteiger partial charge in [0.15, 0.2) is 0 Å². The number of hydrogen-bond donors (Lipinski definition) is 1. The Morgan fingerprint density at radius 2 is 1.77 bits per heavy atom. The summed E-state index contributed by atoms with van der Waals surface area (Å²) >= 11 is 0. The summed E-state index contributed by atoms with van der Waals surface area (Å²) in [5, 5.41) is 3.58. The van der Waals surface area contributed by atoms with Crippen LogP contribution in [-0.4, -0.2) is 12.6 Å². The zero-order valence-corrected chi connectivity index (χ0v) is 8.73. The summed E-state index contributed by atoms with van der Waals surface area (Å²) in [5.74, 6) is 1.10. The molecule has 0 aromatic carbocycles. The smallest absolute Gasteiger partial charge is 0.00675 e. The van der Waals surface area contributed by atoms with Gasteiger partial charge in [0, 0.05) is 6.04 Å². The molecule has 2 aliphatic rings. The fourth-order valence-electron chi connectivity index (χ4n) is 2.96. The SMILES string of the molecule is C1CCC(CCCC2CCCN2)C1. The first-order chi connectivity index (χ1) is 6.45. The first-order valence-electron chi connectivity index (χ1n) is 6.18. The molecule has 1 unspecified atom stereocenters. The molecule has 1 heteroatoms. The highest BCUT2D eigenvalue weighted by atomic mass is 14.9. The van der Waals surface area contributed by atoms with E-state index in [4.69, 9.17) is 0 Å². The van der Waals surface area contributed by atoms with Crippen LogP contribution in [0.25, 0.3) is 0 Å². The average Bonchev–Trinajstić information content (AvgIpc) is 2.75. The van der Waals surface area contributed by atoms with Gasteiger partial charge in [-0.25, -0.2) is 0 Å². The topological polar surface area (TPSA) is 12.0 Å². The predicted molar refractivity (Wildman–Crippen MR) is 56.8 cm³/mol. The average molecular weight is 181 g/mol. The Kier molecular flexibility index (Phi) is 3.65. The van der Waals surface area contributed by atoms with Crippen molar-refractivity contribution >= 4 is 0 Å². The Morgan fingerprint density at radius 1 is 0.923 bits per heavy atom. The molecule has 0 amide bonds. The van der Waals surface area contributed by atoms with Crippen LogP contribution in [0.15, 0.2) is 0 Å². The molecule has 2 rings (SSSR count). The first-order valence-corrected chi connectivity index (χ1v) is 6.18. The van der Waals surface area contributed by atoms with Crippen molar-refractivity contribution in [2.24, 2.45) is 5.92 Å². The molecule has 1 saturated carbocycles. The van der Waals surface area contributed by atoms with E-state index in [0.717, 1.165) is 12.0 Å². The summed E-state index contributed by atoms with van der Waals surface area (Å²) in [4.78, 5) is 0. The predicted octanol–water partition coefficient (Wildman–Crippen LogP) is 3.10. The molecule has 1 aliphatic carbocycles. The van der Waals surface area contributed by atoms with Crippen molar-refractivity contribution in [2.45, 2.75) is 63.8 Å². The molecule has 0 radical (unpaired) electrons. The van der Waals surface area contributed by atoms with Crippen LogP contribution in [0.5, 0.6) is 0 Å². The maximum absolute atomic E-state index is 3.58. The van der Waals surface area contributed by atoms with E-state index in [-0.39, 0.29) is 0 Å². The minimum atomic E-state index is 0.876. The highest BCUT2D eigenvalue weighted by Gasteiger charge is 2.17. The van der Waals surface area contributed by atoms with Crippen LogP contribution >= 0.6 is 0 Å².